The molecule has 3 atom stereocenters. The summed E-state index contributed by atoms with van der Waals surface area (Å²) in [6.45, 7) is 3.65. The van der Waals surface area contributed by atoms with Crippen LogP contribution < -0.4 is 0 Å². The van der Waals surface area contributed by atoms with E-state index in [0.29, 0.717) is 0 Å². The second-order valence-electron chi connectivity index (χ2n) is 5.64. The molecule has 128 valence electrons. The molecule has 1 aromatic heterocycles. The SMILES string of the molecule is CC(CC(O)C(=O)OCSc1ccc2ccccc2n1)C(C)P=O. The first-order valence-electron chi connectivity index (χ1n) is 7.67. The molecule has 0 fully saturated rings. The molecule has 1 heterocycles. The van der Waals surface area contributed by atoms with Crippen molar-refractivity contribution in [2.45, 2.75) is 37.1 Å². The summed E-state index contributed by atoms with van der Waals surface area (Å²) in [5.41, 5.74) is 0.775. The molecule has 7 heteroatoms. The smallest absolute Gasteiger partial charge is 0.335 e. The van der Waals surface area contributed by atoms with E-state index < -0.39 is 12.1 Å². The number of pyridine rings is 1. The van der Waals surface area contributed by atoms with E-state index in [1.807, 2.05) is 43.3 Å². The first kappa shape index (κ1) is 18.8. The van der Waals surface area contributed by atoms with Gasteiger partial charge in [0, 0.05) is 11.0 Å². The molecular formula is C17H20NO4PS. The van der Waals surface area contributed by atoms with E-state index in [1.165, 1.54) is 11.8 Å². The highest BCUT2D eigenvalue weighted by Crippen LogP contribution is 2.22. The van der Waals surface area contributed by atoms with Crippen molar-refractivity contribution in [3.05, 3.63) is 36.4 Å². The molecule has 2 rings (SSSR count). The topological polar surface area (TPSA) is 76.5 Å². The van der Waals surface area contributed by atoms with E-state index in [9.17, 15) is 14.5 Å². The van der Waals surface area contributed by atoms with Crippen molar-refractivity contribution in [2.24, 2.45) is 5.92 Å². The number of aromatic nitrogens is 1. The summed E-state index contributed by atoms with van der Waals surface area (Å²) in [5.74, 6) is -0.614. The van der Waals surface area contributed by atoms with E-state index >= 15 is 0 Å². The summed E-state index contributed by atoms with van der Waals surface area (Å²) in [4.78, 5) is 16.3. The molecule has 0 radical (unpaired) electrons. The van der Waals surface area contributed by atoms with E-state index in [1.54, 1.807) is 6.92 Å². The van der Waals surface area contributed by atoms with Gasteiger partial charge in [0.15, 0.2) is 14.6 Å². The Labute approximate surface area is 147 Å². The van der Waals surface area contributed by atoms with E-state index in [2.05, 4.69) is 4.98 Å². The number of benzene rings is 1. The summed E-state index contributed by atoms with van der Waals surface area (Å²) < 4.78 is 15.9. The Bertz CT molecular complexity index is 712. The van der Waals surface area contributed by atoms with Gasteiger partial charge in [-0.15, -0.1) is 0 Å². The van der Waals surface area contributed by atoms with Crippen molar-refractivity contribution in [2.75, 3.05) is 5.94 Å². The van der Waals surface area contributed by atoms with Crippen LogP contribution in [0.1, 0.15) is 20.3 Å². The van der Waals surface area contributed by atoms with Gasteiger partial charge in [-0.25, -0.2) is 9.78 Å². The Hall–Kier alpha value is -1.49. The van der Waals surface area contributed by atoms with Gasteiger partial charge in [-0.1, -0.05) is 49.9 Å². The number of thioether (sulfide) groups is 1. The second kappa shape index (κ2) is 9.11. The number of para-hydroxylation sites is 1. The van der Waals surface area contributed by atoms with Crippen LogP contribution in [0, 0.1) is 5.92 Å². The Morgan fingerprint density at radius 3 is 2.79 bits per heavy atom. The van der Waals surface area contributed by atoms with Crippen LogP contribution in [0.3, 0.4) is 0 Å². The van der Waals surface area contributed by atoms with Crippen LogP contribution in [0.15, 0.2) is 41.4 Å². The maximum absolute atomic E-state index is 11.8. The van der Waals surface area contributed by atoms with Crippen LogP contribution in [-0.4, -0.2) is 33.8 Å². The first-order valence-corrected chi connectivity index (χ1v) is 9.53. The maximum Gasteiger partial charge on any atom is 0.335 e. The molecule has 0 saturated carbocycles. The molecule has 1 aromatic carbocycles. The predicted octanol–water partition coefficient (Wildman–Crippen LogP) is 3.89. The lowest BCUT2D eigenvalue weighted by atomic mass is 10.0. The van der Waals surface area contributed by atoms with Crippen molar-refractivity contribution >= 4 is 37.1 Å². The Morgan fingerprint density at radius 2 is 2.04 bits per heavy atom. The molecule has 0 aliphatic carbocycles. The third kappa shape index (κ3) is 5.26. The molecule has 24 heavy (non-hydrogen) atoms. The average molecular weight is 365 g/mol. The van der Waals surface area contributed by atoms with Gasteiger partial charge in [-0.2, -0.15) is 0 Å². The molecular weight excluding hydrogens is 345 g/mol. The molecule has 2 aromatic rings. The fourth-order valence-corrected chi connectivity index (χ4v) is 3.07. The van der Waals surface area contributed by atoms with Gasteiger partial charge in [-0.3, -0.25) is 4.57 Å². The summed E-state index contributed by atoms with van der Waals surface area (Å²) in [5, 5.41) is 11.7. The average Bonchev–Trinajstić information content (AvgIpc) is 2.60. The van der Waals surface area contributed by atoms with Crippen LogP contribution in [0.25, 0.3) is 10.9 Å². The summed E-state index contributed by atoms with van der Waals surface area (Å²) in [6, 6.07) is 11.6. The van der Waals surface area contributed by atoms with Crippen LogP contribution in [0.5, 0.6) is 0 Å². The van der Waals surface area contributed by atoms with Crippen LogP contribution in [-0.2, 0) is 14.1 Å². The largest absolute Gasteiger partial charge is 0.452 e. The van der Waals surface area contributed by atoms with Gasteiger partial charge >= 0.3 is 5.97 Å². The fourth-order valence-electron chi connectivity index (χ4n) is 2.12. The molecule has 3 unspecified atom stereocenters. The van der Waals surface area contributed by atoms with Gasteiger partial charge in [0.25, 0.3) is 0 Å². The van der Waals surface area contributed by atoms with Crippen molar-refractivity contribution in [3.8, 4) is 0 Å². The zero-order valence-electron chi connectivity index (χ0n) is 13.6. The minimum atomic E-state index is -1.20. The molecule has 1 N–H and O–H groups in total. The number of hydrogen-bond acceptors (Lipinski definition) is 6. The number of fused-ring (bicyclic) bond motifs is 1. The lowest BCUT2D eigenvalue weighted by Gasteiger charge is -2.17. The number of hydrogen-bond donors (Lipinski definition) is 1. The first-order chi connectivity index (χ1) is 11.5. The Morgan fingerprint density at radius 1 is 1.29 bits per heavy atom. The molecule has 5 nitrogen and oxygen atoms in total. The van der Waals surface area contributed by atoms with Crippen molar-refractivity contribution < 1.29 is 19.2 Å². The number of aliphatic hydroxyl groups excluding tert-OH is 1. The lowest BCUT2D eigenvalue weighted by molar-refractivity contribution is -0.152. The summed E-state index contributed by atoms with van der Waals surface area (Å²) in [7, 11) is 0.0151. The zero-order chi connectivity index (χ0) is 17.5. The van der Waals surface area contributed by atoms with Crippen LogP contribution in [0.2, 0.25) is 0 Å². The van der Waals surface area contributed by atoms with E-state index in [4.69, 9.17) is 4.74 Å². The second-order valence-corrected chi connectivity index (χ2v) is 7.61. The zero-order valence-corrected chi connectivity index (χ0v) is 15.3. The highest BCUT2D eigenvalue weighted by molar-refractivity contribution is 7.99. The number of nitrogens with zero attached hydrogens (tertiary/aromatic N) is 1. The normalized spacial score (nSPS) is 15.1. The summed E-state index contributed by atoms with van der Waals surface area (Å²) in [6.07, 6.45) is -0.969. The highest BCUT2D eigenvalue weighted by atomic mass is 32.2. The van der Waals surface area contributed by atoms with E-state index in [0.717, 1.165) is 15.9 Å². The van der Waals surface area contributed by atoms with Gasteiger partial charge in [0.2, 0.25) is 0 Å². The molecule has 0 saturated heterocycles. The lowest BCUT2D eigenvalue weighted by Crippen LogP contribution is -2.27. The van der Waals surface area contributed by atoms with Crippen molar-refractivity contribution in [1.82, 2.24) is 4.98 Å². The van der Waals surface area contributed by atoms with Crippen LogP contribution >= 0.6 is 20.2 Å². The number of carbonyl (C=O) groups excluding carboxylic acids is 1. The van der Waals surface area contributed by atoms with Gasteiger partial charge in [0.05, 0.1) is 10.5 Å². The van der Waals surface area contributed by atoms with Crippen molar-refractivity contribution in [1.29, 1.82) is 0 Å². The number of ether oxygens (including phenoxy) is 1. The molecule has 0 aliphatic heterocycles. The van der Waals surface area contributed by atoms with E-state index in [-0.39, 0.29) is 32.4 Å². The Kier molecular flexibility index (Phi) is 7.16. The molecule has 0 bridgehead atoms. The fraction of sp³-hybridized carbons (Fsp3) is 0.412. The maximum atomic E-state index is 11.8. The van der Waals surface area contributed by atoms with Gasteiger partial charge in [-0.05, 0) is 24.5 Å². The monoisotopic (exact) mass is 365 g/mol. The summed E-state index contributed by atoms with van der Waals surface area (Å²) >= 11 is 1.29. The Balaban J connectivity index is 1.81. The number of esters is 1. The minimum absolute atomic E-state index is 0.0151. The number of aliphatic hydroxyl groups is 1. The molecule has 0 aliphatic rings. The number of rotatable bonds is 8. The predicted molar refractivity (Wildman–Crippen MR) is 95.4 cm³/mol. The molecule has 0 spiro atoms. The number of carbonyl (C=O) groups is 1. The standard InChI is InChI=1S/C17H20NO4PS/c1-11(12(2)23-21)9-15(19)17(20)22-10-24-16-8-7-13-5-3-4-6-14(13)18-16/h3-8,11-12,15,19H,9-10H2,1-2H3. The highest BCUT2D eigenvalue weighted by Gasteiger charge is 2.23. The van der Waals surface area contributed by atoms with Crippen molar-refractivity contribution in [3.63, 3.8) is 0 Å². The van der Waals surface area contributed by atoms with Crippen LogP contribution in [0.4, 0.5) is 0 Å². The minimum Gasteiger partial charge on any atom is -0.452 e. The third-order valence-corrected chi connectivity index (χ3v) is 5.44. The third-order valence-electron chi connectivity index (χ3n) is 3.84. The van der Waals surface area contributed by atoms with Gasteiger partial charge < -0.3 is 9.84 Å². The molecule has 0 amide bonds. The van der Waals surface area contributed by atoms with Gasteiger partial charge in [0.1, 0.15) is 5.94 Å². The quantitative estimate of drug-likeness (QED) is 0.331.